The van der Waals surface area contributed by atoms with Gasteiger partial charge in [0.25, 0.3) is 0 Å². The highest BCUT2D eigenvalue weighted by molar-refractivity contribution is 4.93. The van der Waals surface area contributed by atoms with E-state index in [1.165, 1.54) is 12.8 Å². The van der Waals surface area contributed by atoms with Crippen molar-refractivity contribution >= 4 is 0 Å². The van der Waals surface area contributed by atoms with E-state index in [0.717, 1.165) is 6.61 Å². The Labute approximate surface area is 82.9 Å². The molecule has 0 spiro atoms. The van der Waals surface area contributed by atoms with Crippen LogP contribution in [0.25, 0.3) is 0 Å². The zero-order valence-corrected chi connectivity index (χ0v) is 10.0. The topological polar surface area (TPSA) is 12.5 Å². The maximum Gasteiger partial charge on any atom is 0.0893 e. The Balaban J connectivity index is 2.46. The Hall–Kier alpha value is -0.0400. The molecule has 0 aromatic rings. The van der Waals surface area contributed by atoms with E-state index in [2.05, 4.69) is 41.5 Å². The standard InChI is InChI=1S/C12H24O/c1-10(2,3)7-11(4,5)8-12(6)9-13-12/h7-9H2,1-6H3. The average Bonchev–Trinajstić information content (AvgIpc) is 2.36. The number of ether oxygens (including phenoxy) is 1. The van der Waals surface area contributed by atoms with Crippen molar-refractivity contribution in [2.75, 3.05) is 6.61 Å². The van der Waals surface area contributed by atoms with E-state index in [9.17, 15) is 0 Å². The molecule has 1 nitrogen and oxygen atoms in total. The van der Waals surface area contributed by atoms with Crippen LogP contribution in [0, 0.1) is 10.8 Å². The summed E-state index contributed by atoms with van der Waals surface area (Å²) >= 11 is 0. The third kappa shape index (κ3) is 4.12. The molecule has 0 aliphatic carbocycles. The van der Waals surface area contributed by atoms with Gasteiger partial charge in [-0.05, 0) is 30.6 Å². The molecule has 1 unspecified atom stereocenters. The van der Waals surface area contributed by atoms with Gasteiger partial charge in [-0.1, -0.05) is 34.6 Å². The fraction of sp³-hybridized carbons (Fsp3) is 1.00. The smallest absolute Gasteiger partial charge is 0.0893 e. The molecule has 1 heteroatoms. The van der Waals surface area contributed by atoms with Crippen LogP contribution in [0.2, 0.25) is 0 Å². The first-order valence-corrected chi connectivity index (χ1v) is 5.26. The first-order chi connectivity index (χ1) is 5.62. The van der Waals surface area contributed by atoms with E-state index in [4.69, 9.17) is 4.74 Å². The van der Waals surface area contributed by atoms with Crippen LogP contribution < -0.4 is 0 Å². The van der Waals surface area contributed by atoms with Crippen LogP contribution in [0.15, 0.2) is 0 Å². The summed E-state index contributed by atoms with van der Waals surface area (Å²) in [5.41, 5.74) is 1.03. The Morgan fingerprint density at radius 2 is 1.62 bits per heavy atom. The van der Waals surface area contributed by atoms with Crippen LogP contribution in [0.4, 0.5) is 0 Å². The monoisotopic (exact) mass is 184 g/mol. The minimum Gasteiger partial charge on any atom is -0.370 e. The molecule has 1 fully saturated rings. The second-order valence-corrected chi connectivity index (χ2v) is 6.82. The molecule has 1 aliphatic rings. The van der Waals surface area contributed by atoms with E-state index in [1.807, 2.05) is 0 Å². The van der Waals surface area contributed by atoms with Crippen molar-refractivity contribution in [1.29, 1.82) is 0 Å². The summed E-state index contributed by atoms with van der Waals surface area (Å²) in [6, 6.07) is 0. The maximum absolute atomic E-state index is 5.45. The predicted molar refractivity (Wildman–Crippen MR) is 56.8 cm³/mol. The third-order valence-corrected chi connectivity index (χ3v) is 2.50. The predicted octanol–water partition coefficient (Wildman–Crippen LogP) is 3.63. The van der Waals surface area contributed by atoms with Gasteiger partial charge in [0, 0.05) is 0 Å². The van der Waals surface area contributed by atoms with Crippen molar-refractivity contribution in [3.8, 4) is 0 Å². The molecule has 13 heavy (non-hydrogen) atoms. The molecule has 0 aromatic carbocycles. The molecular weight excluding hydrogens is 160 g/mol. The molecule has 0 saturated carbocycles. The molecule has 0 bridgehead atoms. The van der Waals surface area contributed by atoms with Crippen LogP contribution >= 0.6 is 0 Å². The number of rotatable bonds is 3. The summed E-state index contributed by atoms with van der Waals surface area (Å²) in [6.45, 7) is 14.8. The van der Waals surface area contributed by atoms with E-state index in [-0.39, 0.29) is 5.60 Å². The van der Waals surface area contributed by atoms with Gasteiger partial charge in [-0.25, -0.2) is 0 Å². The zero-order valence-electron chi connectivity index (χ0n) is 10.0. The Morgan fingerprint density at radius 1 is 1.15 bits per heavy atom. The Bertz CT molecular complexity index is 173. The van der Waals surface area contributed by atoms with Crippen molar-refractivity contribution < 1.29 is 4.74 Å². The zero-order chi connectivity index (χ0) is 10.3. The van der Waals surface area contributed by atoms with Gasteiger partial charge in [-0.15, -0.1) is 0 Å². The summed E-state index contributed by atoms with van der Waals surface area (Å²) in [6.07, 6.45) is 2.45. The Kier molecular flexibility index (Phi) is 2.53. The third-order valence-electron chi connectivity index (χ3n) is 2.50. The molecule has 1 heterocycles. The number of hydrogen-bond donors (Lipinski definition) is 0. The van der Waals surface area contributed by atoms with Crippen LogP contribution in [0.1, 0.15) is 54.4 Å². The van der Waals surface area contributed by atoms with Gasteiger partial charge >= 0.3 is 0 Å². The van der Waals surface area contributed by atoms with Gasteiger partial charge in [0.2, 0.25) is 0 Å². The molecule has 1 rings (SSSR count). The molecule has 0 amide bonds. The van der Waals surface area contributed by atoms with Crippen LogP contribution in [0.5, 0.6) is 0 Å². The van der Waals surface area contributed by atoms with E-state index in [0.29, 0.717) is 10.8 Å². The number of epoxide rings is 1. The lowest BCUT2D eigenvalue weighted by molar-refractivity contribution is 0.152. The summed E-state index contributed by atoms with van der Waals surface area (Å²) in [5.74, 6) is 0. The van der Waals surface area contributed by atoms with Crippen molar-refractivity contribution in [2.24, 2.45) is 10.8 Å². The summed E-state index contributed by atoms with van der Waals surface area (Å²) < 4.78 is 5.45. The van der Waals surface area contributed by atoms with Crippen LogP contribution in [-0.2, 0) is 4.74 Å². The van der Waals surface area contributed by atoms with Crippen molar-refractivity contribution in [2.45, 2.75) is 60.0 Å². The first-order valence-electron chi connectivity index (χ1n) is 5.26. The molecule has 78 valence electrons. The molecule has 0 radical (unpaired) electrons. The second kappa shape index (κ2) is 2.98. The minimum atomic E-state index is 0.203. The highest BCUT2D eigenvalue weighted by atomic mass is 16.6. The van der Waals surface area contributed by atoms with Gasteiger partial charge in [0.1, 0.15) is 0 Å². The lowest BCUT2D eigenvalue weighted by Gasteiger charge is -2.33. The van der Waals surface area contributed by atoms with Crippen LogP contribution in [0.3, 0.4) is 0 Å². The summed E-state index contributed by atoms with van der Waals surface area (Å²) in [5, 5.41) is 0. The fourth-order valence-corrected chi connectivity index (χ4v) is 2.74. The average molecular weight is 184 g/mol. The molecule has 1 aliphatic heterocycles. The van der Waals surface area contributed by atoms with E-state index < -0.39 is 0 Å². The van der Waals surface area contributed by atoms with Gasteiger partial charge < -0.3 is 4.74 Å². The SMILES string of the molecule is CC(C)(C)CC(C)(C)CC1(C)CO1. The molecular formula is C12H24O. The highest BCUT2D eigenvalue weighted by Gasteiger charge is 2.44. The van der Waals surface area contributed by atoms with Crippen molar-refractivity contribution in [1.82, 2.24) is 0 Å². The van der Waals surface area contributed by atoms with Gasteiger partial charge in [0.15, 0.2) is 0 Å². The van der Waals surface area contributed by atoms with Gasteiger partial charge in [0.05, 0.1) is 12.2 Å². The molecule has 0 aromatic heterocycles. The van der Waals surface area contributed by atoms with Crippen LogP contribution in [-0.4, -0.2) is 12.2 Å². The van der Waals surface area contributed by atoms with E-state index >= 15 is 0 Å². The lowest BCUT2D eigenvalue weighted by atomic mass is 9.72. The second-order valence-electron chi connectivity index (χ2n) is 6.82. The fourth-order valence-electron chi connectivity index (χ4n) is 2.74. The van der Waals surface area contributed by atoms with Gasteiger partial charge in [-0.2, -0.15) is 0 Å². The first kappa shape index (κ1) is 11.0. The van der Waals surface area contributed by atoms with Crippen molar-refractivity contribution in [3.05, 3.63) is 0 Å². The molecule has 0 N–H and O–H groups in total. The molecule has 1 saturated heterocycles. The summed E-state index contributed by atoms with van der Waals surface area (Å²) in [7, 11) is 0. The lowest BCUT2D eigenvalue weighted by Crippen LogP contribution is -2.26. The normalized spacial score (nSPS) is 29.1. The Morgan fingerprint density at radius 3 is 1.92 bits per heavy atom. The maximum atomic E-state index is 5.45. The highest BCUT2D eigenvalue weighted by Crippen LogP contribution is 2.44. The molecule has 1 atom stereocenters. The van der Waals surface area contributed by atoms with Gasteiger partial charge in [-0.3, -0.25) is 0 Å². The number of hydrogen-bond acceptors (Lipinski definition) is 1. The largest absolute Gasteiger partial charge is 0.370 e. The van der Waals surface area contributed by atoms with Crippen molar-refractivity contribution in [3.63, 3.8) is 0 Å². The summed E-state index contributed by atoms with van der Waals surface area (Å²) in [4.78, 5) is 0. The van der Waals surface area contributed by atoms with E-state index in [1.54, 1.807) is 0 Å². The minimum absolute atomic E-state index is 0.203. The quantitative estimate of drug-likeness (QED) is 0.610.